The van der Waals surface area contributed by atoms with E-state index in [1.807, 2.05) is 20.8 Å². The molecule has 0 saturated carbocycles. The van der Waals surface area contributed by atoms with E-state index in [0.717, 1.165) is 5.56 Å². The first-order chi connectivity index (χ1) is 8.31. The van der Waals surface area contributed by atoms with Crippen molar-refractivity contribution < 1.29 is 14.7 Å². The van der Waals surface area contributed by atoms with E-state index in [4.69, 9.17) is 5.11 Å². The number of hydrogen-bond donors (Lipinski definition) is 3. The predicted molar refractivity (Wildman–Crippen MR) is 70.2 cm³/mol. The summed E-state index contributed by atoms with van der Waals surface area (Å²) in [6, 6.07) is 2.90. The third kappa shape index (κ3) is 3.48. The highest BCUT2D eigenvalue weighted by atomic mass is 16.4. The van der Waals surface area contributed by atoms with Crippen LogP contribution in [0.4, 0.5) is 10.5 Å². The van der Waals surface area contributed by atoms with Gasteiger partial charge in [0, 0.05) is 11.7 Å². The maximum atomic E-state index is 11.5. The minimum atomic E-state index is -0.997. The van der Waals surface area contributed by atoms with Gasteiger partial charge in [-0.15, -0.1) is 0 Å². The molecule has 0 aliphatic rings. The average Bonchev–Trinajstić information content (AvgIpc) is 2.21. The molecule has 5 nitrogen and oxygen atoms in total. The molecule has 18 heavy (non-hydrogen) atoms. The van der Waals surface area contributed by atoms with Gasteiger partial charge in [0.2, 0.25) is 0 Å². The van der Waals surface area contributed by atoms with Crippen LogP contribution in [0.2, 0.25) is 0 Å². The molecule has 1 aromatic carbocycles. The number of urea groups is 1. The van der Waals surface area contributed by atoms with E-state index in [9.17, 15) is 9.59 Å². The molecule has 3 N–H and O–H groups in total. The Balaban J connectivity index is 2.97. The first kappa shape index (κ1) is 14.0. The van der Waals surface area contributed by atoms with E-state index in [1.165, 1.54) is 6.07 Å². The van der Waals surface area contributed by atoms with Crippen LogP contribution < -0.4 is 10.6 Å². The number of carboxylic acids is 1. The number of rotatable bonds is 3. The molecule has 0 aromatic heterocycles. The van der Waals surface area contributed by atoms with Gasteiger partial charge < -0.3 is 15.7 Å². The van der Waals surface area contributed by atoms with Crippen molar-refractivity contribution in [3.05, 3.63) is 28.8 Å². The van der Waals surface area contributed by atoms with Crippen LogP contribution in [0.1, 0.15) is 35.3 Å². The number of benzene rings is 1. The molecule has 98 valence electrons. The van der Waals surface area contributed by atoms with E-state index >= 15 is 0 Å². The second-order valence-electron chi connectivity index (χ2n) is 4.52. The molecule has 1 aromatic rings. The average molecular weight is 250 g/mol. The topological polar surface area (TPSA) is 78.4 Å². The standard InChI is InChI=1S/C13H18N2O3/c1-7(2)14-13(18)15-10-5-8(3)9(4)11(6-10)12(16)17/h5-7H,1-4H3,(H,16,17)(H2,14,15,18). The fourth-order valence-corrected chi connectivity index (χ4v) is 1.58. The zero-order valence-corrected chi connectivity index (χ0v) is 11.0. The normalized spacial score (nSPS) is 10.3. The Hall–Kier alpha value is -2.04. The molecular formula is C13H18N2O3. The van der Waals surface area contributed by atoms with Crippen LogP contribution in [0.3, 0.4) is 0 Å². The Labute approximate surface area is 106 Å². The number of carbonyl (C=O) groups excluding carboxylic acids is 1. The summed E-state index contributed by atoms with van der Waals surface area (Å²) in [5.74, 6) is -0.997. The first-order valence-corrected chi connectivity index (χ1v) is 5.73. The number of nitrogens with one attached hydrogen (secondary N) is 2. The molecule has 0 aliphatic carbocycles. The van der Waals surface area contributed by atoms with Crippen molar-refractivity contribution in [3.8, 4) is 0 Å². The van der Waals surface area contributed by atoms with E-state index in [1.54, 1.807) is 13.0 Å². The summed E-state index contributed by atoms with van der Waals surface area (Å²) in [6.07, 6.45) is 0. The Bertz CT molecular complexity index is 481. The number of anilines is 1. The van der Waals surface area contributed by atoms with E-state index in [2.05, 4.69) is 10.6 Å². The van der Waals surface area contributed by atoms with Gasteiger partial charge in [0.05, 0.1) is 5.56 Å². The highest BCUT2D eigenvalue weighted by Gasteiger charge is 2.12. The van der Waals surface area contributed by atoms with Gasteiger partial charge in [-0.2, -0.15) is 0 Å². The maximum absolute atomic E-state index is 11.5. The lowest BCUT2D eigenvalue weighted by atomic mass is 10.0. The van der Waals surface area contributed by atoms with Crippen LogP contribution >= 0.6 is 0 Å². The summed E-state index contributed by atoms with van der Waals surface area (Å²) >= 11 is 0. The summed E-state index contributed by atoms with van der Waals surface area (Å²) in [4.78, 5) is 22.6. The van der Waals surface area contributed by atoms with Gasteiger partial charge in [0.1, 0.15) is 0 Å². The Morgan fingerprint density at radius 1 is 1.22 bits per heavy atom. The van der Waals surface area contributed by atoms with Gasteiger partial charge >= 0.3 is 12.0 Å². The molecule has 0 atom stereocenters. The molecule has 0 radical (unpaired) electrons. The number of hydrogen-bond acceptors (Lipinski definition) is 2. The van der Waals surface area contributed by atoms with Crippen molar-refractivity contribution >= 4 is 17.7 Å². The molecule has 0 spiro atoms. The minimum Gasteiger partial charge on any atom is -0.478 e. The van der Waals surface area contributed by atoms with Gasteiger partial charge in [-0.05, 0) is 51.0 Å². The molecule has 1 rings (SSSR count). The summed E-state index contributed by atoms with van der Waals surface area (Å²) < 4.78 is 0. The Morgan fingerprint density at radius 3 is 2.33 bits per heavy atom. The van der Waals surface area contributed by atoms with E-state index in [0.29, 0.717) is 11.3 Å². The van der Waals surface area contributed by atoms with Crippen molar-refractivity contribution in [1.29, 1.82) is 0 Å². The zero-order chi connectivity index (χ0) is 13.9. The monoisotopic (exact) mass is 250 g/mol. The van der Waals surface area contributed by atoms with Crippen molar-refractivity contribution in [3.63, 3.8) is 0 Å². The molecule has 0 heterocycles. The predicted octanol–water partition coefficient (Wildman–Crippen LogP) is 2.53. The third-order valence-electron chi connectivity index (χ3n) is 2.58. The highest BCUT2D eigenvalue weighted by molar-refractivity contribution is 5.94. The summed E-state index contributed by atoms with van der Waals surface area (Å²) in [5.41, 5.74) is 2.22. The molecule has 2 amide bonds. The molecule has 0 bridgehead atoms. The number of carboxylic acid groups (broad SMARTS) is 1. The number of amides is 2. The molecule has 0 fully saturated rings. The van der Waals surface area contributed by atoms with Crippen LogP contribution in [0.5, 0.6) is 0 Å². The SMILES string of the molecule is Cc1cc(NC(=O)NC(C)C)cc(C(=O)O)c1C. The first-order valence-electron chi connectivity index (χ1n) is 5.73. The van der Waals surface area contributed by atoms with Crippen molar-refractivity contribution in [1.82, 2.24) is 5.32 Å². The quantitative estimate of drug-likeness (QED) is 0.771. The summed E-state index contributed by atoms with van der Waals surface area (Å²) in [6.45, 7) is 7.26. The fourth-order valence-electron chi connectivity index (χ4n) is 1.58. The maximum Gasteiger partial charge on any atom is 0.336 e. The highest BCUT2D eigenvalue weighted by Crippen LogP contribution is 2.20. The van der Waals surface area contributed by atoms with Gasteiger partial charge in [-0.25, -0.2) is 9.59 Å². The van der Waals surface area contributed by atoms with Crippen molar-refractivity contribution in [2.45, 2.75) is 33.7 Å². The molecule has 0 aliphatic heterocycles. The van der Waals surface area contributed by atoms with Gasteiger partial charge in [0.25, 0.3) is 0 Å². The van der Waals surface area contributed by atoms with Gasteiger partial charge in [-0.3, -0.25) is 0 Å². The summed E-state index contributed by atoms with van der Waals surface area (Å²) in [7, 11) is 0. The summed E-state index contributed by atoms with van der Waals surface area (Å²) in [5, 5.41) is 14.4. The van der Waals surface area contributed by atoms with Gasteiger partial charge in [0.15, 0.2) is 0 Å². The Morgan fingerprint density at radius 2 is 1.83 bits per heavy atom. The molecule has 0 unspecified atom stereocenters. The Kier molecular flexibility index (Phi) is 4.31. The molecule has 5 heteroatoms. The van der Waals surface area contributed by atoms with Gasteiger partial charge in [-0.1, -0.05) is 0 Å². The van der Waals surface area contributed by atoms with E-state index < -0.39 is 5.97 Å². The van der Waals surface area contributed by atoms with Crippen LogP contribution in [0, 0.1) is 13.8 Å². The van der Waals surface area contributed by atoms with E-state index in [-0.39, 0.29) is 17.6 Å². The number of aryl methyl sites for hydroxylation is 1. The van der Waals surface area contributed by atoms with Crippen molar-refractivity contribution in [2.75, 3.05) is 5.32 Å². The number of carbonyl (C=O) groups is 2. The van der Waals surface area contributed by atoms with Crippen LogP contribution in [-0.2, 0) is 0 Å². The molecule has 0 saturated heterocycles. The second kappa shape index (κ2) is 5.53. The molecular weight excluding hydrogens is 232 g/mol. The lowest BCUT2D eigenvalue weighted by molar-refractivity contribution is 0.0696. The third-order valence-corrected chi connectivity index (χ3v) is 2.58. The zero-order valence-electron chi connectivity index (χ0n) is 11.0. The van der Waals surface area contributed by atoms with Crippen molar-refractivity contribution in [2.24, 2.45) is 0 Å². The van der Waals surface area contributed by atoms with Crippen LogP contribution in [-0.4, -0.2) is 23.1 Å². The second-order valence-corrected chi connectivity index (χ2v) is 4.52. The number of aromatic carboxylic acids is 1. The van der Waals surface area contributed by atoms with Crippen LogP contribution in [0.15, 0.2) is 12.1 Å². The minimum absolute atomic E-state index is 0.0236. The lowest BCUT2D eigenvalue weighted by Gasteiger charge is -2.13. The largest absolute Gasteiger partial charge is 0.478 e. The smallest absolute Gasteiger partial charge is 0.336 e. The van der Waals surface area contributed by atoms with Crippen LogP contribution in [0.25, 0.3) is 0 Å². The fraction of sp³-hybridized carbons (Fsp3) is 0.385. The lowest BCUT2D eigenvalue weighted by Crippen LogP contribution is -2.34.